The third-order valence-corrected chi connectivity index (χ3v) is 22.9. The van der Waals surface area contributed by atoms with E-state index < -0.39 is 0 Å². The topological polar surface area (TPSA) is 206 Å². The number of nitrogens with zero attached hydrogens (tertiary/aromatic N) is 15. The maximum Gasteiger partial charge on any atom is 0.141 e. The quantitative estimate of drug-likeness (QED) is 0.0610. The van der Waals surface area contributed by atoms with Crippen LogP contribution in [0.3, 0.4) is 0 Å². The predicted octanol–water partition coefficient (Wildman–Crippen LogP) is 25.6. The van der Waals surface area contributed by atoms with E-state index >= 15 is 0 Å². The molecule has 18 nitrogen and oxygen atoms in total. The fourth-order valence-electron chi connectivity index (χ4n) is 16.4. The van der Waals surface area contributed by atoms with Crippen LogP contribution in [0.15, 0.2) is 261 Å². The number of aromatic hydroxyl groups is 3. The van der Waals surface area contributed by atoms with Gasteiger partial charge in [0, 0.05) is 92.7 Å². The molecule has 0 unspecified atom stereocenters. The molecule has 0 aliphatic carbocycles. The van der Waals surface area contributed by atoms with Gasteiger partial charge in [-0.25, -0.2) is 14.0 Å². The minimum Gasteiger partial charge on any atom is -0.506 e. The van der Waals surface area contributed by atoms with E-state index in [2.05, 4.69) is 244 Å². The van der Waals surface area contributed by atoms with Crippen molar-refractivity contribution < 1.29 is 78.5 Å². The zero-order valence-electron chi connectivity index (χ0n) is 74.9. The molecule has 0 aliphatic heterocycles. The number of fused-ring (bicyclic) bond motifs is 2. The molecule has 18 rings (SSSR count). The fraction of sp³-hybridized carbons (Fsp3) is 0.224. The Kier molecular flexibility index (Phi) is 29.1. The number of benzene rings is 12. The van der Waals surface area contributed by atoms with Crippen molar-refractivity contribution >= 4 is 22.1 Å². The van der Waals surface area contributed by atoms with Crippen LogP contribution in [0.2, 0.25) is 0 Å². The number of rotatable bonds is 20. The standard InChI is InChI=1S/C37H38N5O.C36H34N5O.C34H32N5O.3Pt/c1-22(2)28-20-29(23(3)4)35(30(21-28)24(5)6)41-32-16-9-8-15-31(32)39-37(41)27-14-12-13-26(19-27)36-38-25(7)42(40-36)33-17-10-11-18-34(33)43;1-23(2)30-21-29(26-12-7-6-8-13-26)22-31(24(3)4)34(30)40-19-18-37-36(40)28-15-11-14-27(20-28)35-38-25(5)41(39-35)32-16-9-10-17-33(32)42;1-21(2)26-14-11-15-27(22(3)4)32(26)38-29-17-7-6-16-28(29)36-34(38)25-13-10-12-24(20-25)33-35-23(5)39(37-33)30-18-8-9-19-31(30)40;;;/h8-18,20-24,43H,1-7H3;6-19,21-24,42H,1-5H3;6-19,21-22,40H,1-5H3;;;/q3*-1;;;. The summed E-state index contributed by atoms with van der Waals surface area (Å²) in [4.78, 5) is 29.3. The van der Waals surface area contributed by atoms with Gasteiger partial charge in [-0.05, 0) is 185 Å². The monoisotopic (exact) mass is 2230 g/mol. The largest absolute Gasteiger partial charge is 0.506 e. The Morgan fingerprint density at radius 1 is 0.289 bits per heavy atom. The average Bonchev–Trinajstić information content (AvgIpc) is 1.56. The van der Waals surface area contributed by atoms with Crippen LogP contribution in [0.5, 0.6) is 17.2 Å². The van der Waals surface area contributed by atoms with Crippen molar-refractivity contribution in [3.63, 3.8) is 0 Å². The number of hydrogen-bond acceptors (Lipinski definition) is 12. The first kappa shape index (κ1) is 93.3. The summed E-state index contributed by atoms with van der Waals surface area (Å²) >= 11 is 0. The number of para-hydroxylation sites is 11. The molecule has 18 aromatic rings. The van der Waals surface area contributed by atoms with Gasteiger partial charge in [0.1, 0.15) is 69.3 Å². The second kappa shape index (κ2) is 39.9. The number of phenolic OH excluding ortho intramolecular Hbond substituents is 3. The summed E-state index contributed by atoms with van der Waals surface area (Å²) in [6.07, 6.45) is 3.89. The van der Waals surface area contributed by atoms with Gasteiger partial charge in [0.25, 0.3) is 0 Å². The van der Waals surface area contributed by atoms with Crippen LogP contribution in [0, 0.1) is 39.0 Å². The number of hydrogen-bond donors (Lipinski definition) is 3. The predicted molar refractivity (Wildman–Crippen MR) is 503 cm³/mol. The molecule has 658 valence electrons. The van der Waals surface area contributed by atoms with E-state index in [0.29, 0.717) is 93.4 Å². The number of imidazole rings is 3. The van der Waals surface area contributed by atoms with Crippen LogP contribution in [-0.4, -0.2) is 88.3 Å². The first-order valence-electron chi connectivity index (χ1n) is 43.1. The van der Waals surface area contributed by atoms with Crippen molar-refractivity contribution in [2.75, 3.05) is 0 Å². The molecule has 0 aliphatic rings. The number of aromatic nitrogens is 15. The molecule has 0 atom stereocenters. The van der Waals surface area contributed by atoms with Crippen LogP contribution >= 0.6 is 0 Å². The van der Waals surface area contributed by atoms with Gasteiger partial charge in [-0.2, -0.15) is 15.3 Å². The minimum atomic E-state index is 0. The molecule has 0 saturated carbocycles. The Hall–Kier alpha value is -12.3. The summed E-state index contributed by atoms with van der Waals surface area (Å²) < 4.78 is 11.8. The van der Waals surface area contributed by atoms with E-state index in [1.54, 1.807) is 50.4 Å². The molecular weight excluding hydrogens is 2130 g/mol. The third kappa shape index (κ3) is 18.9. The van der Waals surface area contributed by atoms with Gasteiger partial charge in [0.15, 0.2) is 0 Å². The maximum atomic E-state index is 10.4. The minimum absolute atomic E-state index is 0. The molecule has 6 heterocycles. The van der Waals surface area contributed by atoms with Crippen molar-refractivity contribution in [3.8, 4) is 131 Å². The molecular formula is C107H104N15O3Pt3-3. The molecule has 6 aromatic heterocycles. The van der Waals surface area contributed by atoms with E-state index in [1.165, 1.54) is 67.1 Å². The third-order valence-electron chi connectivity index (χ3n) is 22.9. The first-order valence-corrected chi connectivity index (χ1v) is 43.1. The maximum absolute atomic E-state index is 10.4. The Labute approximate surface area is 792 Å². The van der Waals surface area contributed by atoms with E-state index in [-0.39, 0.29) is 80.4 Å². The molecule has 128 heavy (non-hydrogen) atoms. The summed E-state index contributed by atoms with van der Waals surface area (Å²) in [5.41, 5.74) is 25.7. The molecule has 0 spiro atoms. The molecule has 3 N–H and O–H groups in total. The Morgan fingerprint density at radius 3 is 0.977 bits per heavy atom. The van der Waals surface area contributed by atoms with E-state index in [4.69, 9.17) is 45.2 Å². The molecule has 0 amide bonds. The van der Waals surface area contributed by atoms with Crippen LogP contribution < -0.4 is 0 Å². The zero-order valence-corrected chi connectivity index (χ0v) is 81.7. The first-order chi connectivity index (χ1) is 60.3. The number of aryl methyl sites for hydroxylation is 3. The normalized spacial score (nSPS) is 11.4. The van der Waals surface area contributed by atoms with E-state index in [1.807, 2.05) is 130 Å². The summed E-state index contributed by atoms with van der Waals surface area (Å²) in [6, 6.07) is 93.3. The molecule has 0 radical (unpaired) electrons. The van der Waals surface area contributed by atoms with Gasteiger partial charge < -0.3 is 29.0 Å². The summed E-state index contributed by atoms with van der Waals surface area (Å²) in [5, 5.41) is 45.4. The van der Waals surface area contributed by atoms with Crippen molar-refractivity contribution in [1.29, 1.82) is 0 Å². The van der Waals surface area contributed by atoms with Gasteiger partial charge in [0.2, 0.25) is 0 Å². The van der Waals surface area contributed by atoms with Crippen LogP contribution in [0.4, 0.5) is 0 Å². The second-order valence-electron chi connectivity index (χ2n) is 34.0. The SMILES string of the molecule is Cc1nc(-c2[c-]c(-c3nc4ccccc4n3-c3c(C(C)C)cc(C(C)C)cc3C(C)C)ccc2)nn1-c1ccccc1O.Cc1nc(-c2[c-]c(-c3nc4ccccc4n3-c3c(C(C)C)cccc3C(C)C)ccc2)nn1-c1ccccc1O.Cc1nc(-c2[c-]c(-c3nccn3-c3c(C(C)C)cc(-c4ccccc4)cc3C(C)C)ccc2)nn1-c1ccccc1O.[Pt].[Pt].[Pt]. The average molecular weight is 2230 g/mol. The van der Waals surface area contributed by atoms with Crippen molar-refractivity contribution in [2.45, 2.75) is 159 Å². The smallest absolute Gasteiger partial charge is 0.141 e. The van der Waals surface area contributed by atoms with Crippen LogP contribution in [0.1, 0.15) is 195 Å². The van der Waals surface area contributed by atoms with Crippen molar-refractivity contribution in [1.82, 2.24) is 72.9 Å². The Morgan fingerprint density at radius 2 is 0.609 bits per heavy atom. The molecule has 0 saturated heterocycles. The van der Waals surface area contributed by atoms with Crippen molar-refractivity contribution in [2.24, 2.45) is 0 Å². The molecule has 0 bridgehead atoms. The van der Waals surface area contributed by atoms with Gasteiger partial charge in [0.05, 0.1) is 39.5 Å². The van der Waals surface area contributed by atoms with Crippen LogP contribution in [-0.2, 0) is 63.2 Å². The van der Waals surface area contributed by atoms with Gasteiger partial charge >= 0.3 is 0 Å². The number of phenols is 3. The van der Waals surface area contributed by atoms with Gasteiger partial charge in [-0.15, -0.1) is 72.8 Å². The fourth-order valence-corrected chi connectivity index (χ4v) is 16.4. The van der Waals surface area contributed by atoms with E-state index in [9.17, 15) is 15.3 Å². The summed E-state index contributed by atoms with van der Waals surface area (Å²) in [5.74, 6) is 8.92. The van der Waals surface area contributed by atoms with Gasteiger partial charge in [-0.1, -0.05) is 252 Å². The van der Waals surface area contributed by atoms with E-state index in [0.717, 1.165) is 72.9 Å². The molecule has 21 heteroatoms. The Bertz CT molecular complexity index is 6900. The van der Waals surface area contributed by atoms with Gasteiger partial charge in [-0.3, -0.25) is 29.9 Å². The van der Waals surface area contributed by atoms with Crippen molar-refractivity contribution in [3.05, 3.63) is 336 Å². The summed E-state index contributed by atoms with van der Waals surface area (Å²) in [6.45, 7) is 37.2. The zero-order chi connectivity index (χ0) is 87.8. The Balaban J connectivity index is 0.000000162. The van der Waals surface area contributed by atoms with Crippen LogP contribution in [0.25, 0.3) is 136 Å². The molecule has 12 aromatic carbocycles. The summed E-state index contributed by atoms with van der Waals surface area (Å²) in [7, 11) is 0. The molecule has 0 fully saturated rings. The second-order valence-corrected chi connectivity index (χ2v) is 34.0.